The molecule has 0 bridgehead atoms. The fraction of sp³-hybridized carbons (Fsp3) is 0. The van der Waals surface area contributed by atoms with E-state index in [1.807, 2.05) is 47.1 Å². The van der Waals surface area contributed by atoms with Crippen LogP contribution >= 0.6 is 0 Å². The molecule has 4 aromatic rings. The third-order valence-corrected chi connectivity index (χ3v) is 4.19. The van der Waals surface area contributed by atoms with Crippen LogP contribution in [0, 0.1) is 0 Å². The number of fused-ring (bicyclic) bond motifs is 1. The Morgan fingerprint density at radius 2 is 1.59 bits per heavy atom. The molecule has 1 N–H and O–H groups in total. The summed E-state index contributed by atoms with van der Waals surface area (Å²) < 4.78 is 1.93. The first-order valence-corrected chi connectivity index (χ1v) is 8.28. The van der Waals surface area contributed by atoms with Crippen LogP contribution in [-0.2, 0) is 0 Å². The normalized spacial score (nSPS) is 10.7. The predicted octanol–water partition coefficient (Wildman–Crippen LogP) is 2.62. The van der Waals surface area contributed by atoms with Crippen molar-refractivity contribution in [1.82, 2.24) is 9.38 Å². The van der Waals surface area contributed by atoms with Gasteiger partial charge in [0.2, 0.25) is 0 Å². The third-order valence-electron chi connectivity index (χ3n) is 4.19. The Hall–Kier alpha value is -3.93. The Balaban J connectivity index is 1.56. The number of amides is 1. The van der Waals surface area contributed by atoms with Crippen LogP contribution < -0.4 is 10.4 Å². The summed E-state index contributed by atoms with van der Waals surface area (Å²) in [4.78, 5) is 28.1. The minimum Gasteiger partial charge on any atom is -0.545 e. The molecular weight excluding hydrogens is 342 g/mol. The Labute approximate surface area is 154 Å². The lowest BCUT2D eigenvalue weighted by molar-refractivity contribution is -0.255. The van der Waals surface area contributed by atoms with Gasteiger partial charge in [0.15, 0.2) is 0 Å². The number of imidazole rings is 1. The molecule has 4 rings (SSSR count). The maximum absolute atomic E-state index is 12.4. The van der Waals surface area contributed by atoms with E-state index < -0.39 is 11.9 Å². The van der Waals surface area contributed by atoms with Gasteiger partial charge in [-0.3, -0.25) is 4.79 Å². The van der Waals surface area contributed by atoms with Crippen molar-refractivity contribution in [3.05, 3.63) is 90.3 Å². The van der Waals surface area contributed by atoms with Crippen molar-refractivity contribution in [2.75, 3.05) is 5.32 Å². The molecule has 0 saturated carbocycles. The highest BCUT2D eigenvalue weighted by atomic mass is 16.4. The van der Waals surface area contributed by atoms with Crippen molar-refractivity contribution in [1.29, 1.82) is 0 Å². The van der Waals surface area contributed by atoms with Crippen LogP contribution in [-0.4, -0.2) is 21.3 Å². The van der Waals surface area contributed by atoms with Gasteiger partial charge in [0, 0.05) is 34.8 Å². The first-order valence-electron chi connectivity index (χ1n) is 8.28. The highest BCUT2D eigenvalue weighted by molar-refractivity contribution is 6.10. The van der Waals surface area contributed by atoms with Crippen molar-refractivity contribution < 1.29 is 14.7 Å². The maximum Gasteiger partial charge on any atom is 0.256 e. The van der Waals surface area contributed by atoms with Gasteiger partial charge >= 0.3 is 0 Å². The van der Waals surface area contributed by atoms with E-state index in [1.54, 1.807) is 24.3 Å². The summed E-state index contributed by atoms with van der Waals surface area (Å²) >= 11 is 0. The average Bonchev–Trinajstić information content (AvgIpc) is 3.12. The van der Waals surface area contributed by atoms with Crippen LogP contribution in [0.1, 0.15) is 20.7 Å². The summed E-state index contributed by atoms with van der Waals surface area (Å²) in [6, 6.07) is 18.9. The highest BCUT2D eigenvalue weighted by Crippen LogP contribution is 2.22. The summed E-state index contributed by atoms with van der Waals surface area (Å²) in [6.45, 7) is 0. The molecule has 6 nitrogen and oxygen atoms in total. The Bertz CT molecular complexity index is 1110. The minimum atomic E-state index is -1.39. The number of pyridine rings is 1. The third kappa shape index (κ3) is 3.28. The van der Waals surface area contributed by atoms with E-state index in [2.05, 4.69) is 10.3 Å². The molecule has 0 aliphatic heterocycles. The number of aromatic nitrogens is 2. The lowest BCUT2D eigenvalue weighted by atomic mass is 10.1. The van der Waals surface area contributed by atoms with Gasteiger partial charge in [0.05, 0.1) is 11.7 Å². The van der Waals surface area contributed by atoms with E-state index in [-0.39, 0.29) is 11.1 Å². The number of anilines is 1. The number of carbonyl (C=O) groups is 2. The molecule has 0 spiro atoms. The number of carboxylic acid groups (broad SMARTS) is 1. The van der Waals surface area contributed by atoms with E-state index in [1.165, 1.54) is 12.1 Å². The lowest BCUT2D eigenvalue weighted by Gasteiger charge is -2.11. The van der Waals surface area contributed by atoms with Crippen LogP contribution in [0.3, 0.4) is 0 Å². The van der Waals surface area contributed by atoms with Crippen LogP contribution in [0.5, 0.6) is 0 Å². The minimum absolute atomic E-state index is 0.0573. The zero-order valence-corrected chi connectivity index (χ0v) is 14.1. The van der Waals surface area contributed by atoms with Gasteiger partial charge in [-0.05, 0) is 30.3 Å². The number of carboxylic acids is 1. The maximum atomic E-state index is 12.4. The number of hydrogen-bond acceptors (Lipinski definition) is 4. The second-order valence-electron chi connectivity index (χ2n) is 5.96. The zero-order chi connectivity index (χ0) is 18.8. The topological polar surface area (TPSA) is 86.5 Å². The molecule has 0 aliphatic rings. The molecule has 0 fully saturated rings. The van der Waals surface area contributed by atoms with E-state index in [0.717, 1.165) is 16.9 Å². The van der Waals surface area contributed by atoms with Gasteiger partial charge in [0.25, 0.3) is 5.91 Å². The highest BCUT2D eigenvalue weighted by Gasteiger charge is 2.12. The molecule has 2 aromatic carbocycles. The smallest absolute Gasteiger partial charge is 0.256 e. The SMILES string of the molecule is O=C([O-])c1ccccc1C(=O)Nc1ccc(-c2cn3ccccc3n2)cc1. The molecule has 6 heteroatoms. The van der Waals surface area contributed by atoms with Crippen LogP contribution in [0.4, 0.5) is 5.69 Å². The van der Waals surface area contributed by atoms with Crippen molar-refractivity contribution in [3.8, 4) is 11.3 Å². The zero-order valence-electron chi connectivity index (χ0n) is 14.1. The van der Waals surface area contributed by atoms with Gasteiger partial charge < -0.3 is 19.6 Å². The quantitative estimate of drug-likeness (QED) is 0.609. The molecule has 0 saturated heterocycles. The summed E-state index contributed by atoms with van der Waals surface area (Å²) in [7, 11) is 0. The van der Waals surface area contributed by atoms with Crippen molar-refractivity contribution in [3.63, 3.8) is 0 Å². The summed E-state index contributed by atoms with van der Waals surface area (Å²) in [5.41, 5.74) is 3.05. The van der Waals surface area contributed by atoms with E-state index in [0.29, 0.717) is 5.69 Å². The Kier molecular flexibility index (Phi) is 4.14. The van der Waals surface area contributed by atoms with E-state index in [9.17, 15) is 14.7 Å². The Morgan fingerprint density at radius 1 is 0.889 bits per heavy atom. The fourth-order valence-electron chi connectivity index (χ4n) is 2.86. The number of rotatable bonds is 4. The van der Waals surface area contributed by atoms with E-state index in [4.69, 9.17) is 0 Å². The predicted molar refractivity (Wildman–Crippen MR) is 99.4 cm³/mol. The number of hydrogen-bond donors (Lipinski definition) is 1. The molecule has 0 unspecified atom stereocenters. The number of benzene rings is 2. The number of aromatic carboxylic acids is 1. The molecular formula is C21H14N3O3-. The lowest BCUT2D eigenvalue weighted by Crippen LogP contribution is -2.26. The van der Waals surface area contributed by atoms with Gasteiger partial charge in [-0.1, -0.05) is 36.4 Å². The summed E-state index contributed by atoms with van der Waals surface area (Å²) in [5, 5.41) is 13.9. The van der Waals surface area contributed by atoms with Crippen molar-refractivity contribution in [2.24, 2.45) is 0 Å². The van der Waals surface area contributed by atoms with Crippen LogP contribution in [0.15, 0.2) is 79.1 Å². The summed E-state index contributed by atoms with van der Waals surface area (Å²) in [5.74, 6) is -1.89. The number of nitrogens with zero attached hydrogens (tertiary/aromatic N) is 2. The van der Waals surface area contributed by atoms with Crippen molar-refractivity contribution in [2.45, 2.75) is 0 Å². The largest absolute Gasteiger partial charge is 0.545 e. The molecule has 132 valence electrons. The number of carbonyl (C=O) groups excluding carboxylic acids is 2. The second-order valence-corrected chi connectivity index (χ2v) is 5.96. The van der Waals surface area contributed by atoms with Gasteiger partial charge in [-0.15, -0.1) is 0 Å². The molecule has 2 heterocycles. The van der Waals surface area contributed by atoms with Gasteiger partial charge in [-0.25, -0.2) is 4.98 Å². The molecule has 0 aliphatic carbocycles. The Morgan fingerprint density at radius 3 is 2.30 bits per heavy atom. The molecule has 0 atom stereocenters. The standard InChI is InChI=1S/C21H15N3O3/c25-20(16-5-1-2-6-17(16)21(26)27)22-15-10-8-14(9-11-15)18-13-24-12-4-3-7-19(24)23-18/h1-13H,(H,22,25)(H,26,27)/p-1. The average molecular weight is 356 g/mol. The van der Waals surface area contributed by atoms with E-state index >= 15 is 0 Å². The van der Waals surface area contributed by atoms with Crippen LogP contribution in [0.2, 0.25) is 0 Å². The van der Waals surface area contributed by atoms with Gasteiger partial charge in [0.1, 0.15) is 5.65 Å². The monoisotopic (exact) mass is 356 g/mol. The first-order chi connectivity index (χ1) is 13.1. The molecule has 0 radical (unpaired) electrons. The van der Waals surface area contributed by atoms with Crippen LogP contribution in [0.25, 0.3) is 16.9 Å². The van der Waals surface area contributed by atoms with Gasteiger partial charge in [-0.2, -0.15) is 0 Å². The second kappa shape index (κ2) is 6.76. The first kappa shape index (κ1) is 16.5. The molecule has 2 aromatic heterocycles. The number of nitrogens with one attached hydrogen (secondary N) is 1. The van der Waals surface area contributed by atoms with Crippen molar-refractivity contribution >= 4 is 23.2 Å². The fourth-order valence-corrected chi connectivity index (χ4v) is 2.86. The summed E-state index contributed by atoms with van der Waals surface area (Å²) in [6.07, 6.45) is 3.86. The molecule has 27 heavy (non-hydrogen) atoms. The molecule has 1 amide bonds.